The summed E-state index contributed by atoms with van der Waals surface area (Å²) in [6.45, 7) is 9.75. The van der Waals surface area contributed by atoms with Gasteiger partial charge >= 0.3 is 0 Å². The fourth-order valence-corrected chi connectivity index (χ4v) is 2.90. The predicted octanol–water partition coefficient (Wildman–Crippen LogP) is 1.20. The van der Waals surface area contributed by atoms with E-state index in [0.717, 1.165) is 50.4 Å². The molecule has 1 fully saturated rings. The summed E-state index contributed by atoms with van der Waals surface area (Å²) in [5.41, 5.74) is 0. The van der Waals surface area contributed by atoms with Crippen molar-refractivity contribution >= 4 is 15.9 Å². The summed E-state index contributed by atoms with van der Waals surface area (Å²) in [7, 11) is 0. The van der Waals surface area contributed by atoms with E-state index in [0.29, 0.717) is 0 Å². The Morgan fingerprint density at radius 2 is 2.00 bits per heavy atom. The second-order valence-electron chi connectivity index (χ2n) is 4.65. The van der Waals surface area contributed by atoms with Gasteiger partial charge in [-0.1, -0.05) is 15.9 Å². The highest BCUT2D eigenvalue weighted by Gasteiger charge is 2.16. The van der Waals surface area contributed by atoms with Crippen LogP contribution < -0.4 is 0 Å². The van der Waals surface area contributed by atoms with Crippen molar-refractivity contribution in [1.82, 2.24) is 24.6 Å². The molecule has 0 atom stereocenters. The van der Waals surface area contributed by atoms with Gasteiger partial charge in [-0.3, -0.25) is 4.90 Å². The lowest BCUT2D eigenvalue weighted by Crippen LogP contribution is -2.32. The first-order valence-electron chi connectivity index (χ1n) is 6.71. The highest BCUT2D eigenvalue weighted by molar-refractivity contribution is 9.09. The topological polar surface area (TPSA) is 37.2 Å². The first kappa shape index (κ1) is 14.0. The van der Waals surface area contributed by atoms with E-state index in [4.69, 9.17) is 0 Å². The molecule has 1 aromatic heterocycles. The van der Waals surface area contributed by atoms with Crippen molar-refractivity contribution in [2.45, 2.75) is 26.4 Å². The van der Waals surface area contributed by atoms with Gasteiger partial charge in [0.2, 0.25) is 0 Å². The van der Waals surface area contributed by atoms with Crippen LogP contribution in [0.2, 0.25) is 0 Å². The van der Waals surface area contributed by atoms with E-state index in [9.17, 15) is 0 Å². The minimum atomic E-state index is 0.902. The minimum absolute atomic E-state index is 0.902. The van der Waals surface area contributed by atoms with E-state index in [-0.39, 0.29) is 0 Å². The molecule has 0 bridgehead atoms. The first-order valence-corrected chi connectivity index (χ1v) is 7.83. The Balaban J connectivity index is 1.87. The van der Waals surface area contributed by atoms with E-state index < -0.39 is 0 Å². The lowest BCUT2D eigenvalue weighted by molar-refractivity contribution is 0.250. The number of rotatable bonds is 5. The van der Waals surface area contributed by atoms with E-state index in [2.05, 4.69) is 42.7 Å². The predicted molar refractivity (Wildman–Crippen MR) is 75.8 cm³/mol. The van der Waals surface area contributed by atoms with Crippen LogP contribution in [0.5, 0.6) is 0 Å². The molecule has 2 heterocycles. The summed E-state index contributed by atoms with van der Waals surface area (Å²) in [6.07, 6.45) is 2.90. The Morgan fingerprint density at radius 1 is 1.22 bits per heavy atom. The molecule has 1 saturated heterocycles. The largest absolute Gasteiger partial charge is 0.301 e. The molecule has 2 rings (SSSR count). The highest BCUT2D eigenvalue weighted by Crippen LogP contribution is 2.07. The Bertz CT molecular complexity index is 354. The monoisotopic (exact) mass is 315 g/mol. The van der Waals surface area contributed by atoms with E-state index in [1.165, 1.54) is 13.0 Å². The number of hydrogen-bond donors (Lipinski definition) is 0. The van der Waals surface area contributed by atoms with Crippen LogP contribution in [0.4, 0.5) is 0 Å². The molecule has 0 amide bonds. The smallest absolute Gasteiger partial charge is 0.140 e. The van der Waals surface area contributed by atoms with Crippen LogP contribution in [0.3, 0.4) is 0 Å². The third-order valence-electron chi connectivity index (χ3n) is 3.44. The zero-order valence-corrected chi connectivity index (χ0v) is 12.6. The number of hydrogen-bond acceptors (Lipinski definition) is 4. The van der Waals surface area contributed by atoms with Crippen molar-refractivity contribution in [1.29, 1.82) is 0 Å². The Hall–Kier alpha value is -0.460. The second kappa shape index (κ2) is 7.21. The first-order chi connectivity index (χ1) is 8.83. The average Bonchev–Trinajstić information content (AvgIpc) is 2.71. The molecular formula is C12H22BrN5. The normalized spacial score (nSPS) is 19.0. The van der Waals surface area contributed by atoms with E-state index >= 15 is 0 Å². The summed E-state index contributed by atoms with van der Waals surface area (Å²) >= 11 is 3.52. The highest BCUT2D eigenvalue weighted by atomic mass is 79.9. The summed E-state index contributed by atoms with van der Waals surface area (Å²) in [4.78, 5) is 9.37. The van der Waals surface area contributed by atoms with Crippen LogP contribution in [-0.4, -0.2) is 62.6 Å². The second-order valence-corrected chi connectivity index (χ2v) is 5.45. The van der Waals surface area contributed by atoms with Gasteiger partial charge in [-0.15, -0.1) is 0 Å². The molecule has 1 aliphatic rings. The van der Waals surface area contributed by atoms with Gasteiger partial charge in [0.15, 0.2) is 0 Å². The molecule has 0 radical (unpaired) electrons. The van der Waals surface area contributed by atoms with Crippen molar-refractivity contribution < 1.29 is 0 Å². The third kappa shape index (κ3) is 3.76. The fraction of sp³-hybridized carbons (Fsp3) is 0.833. The molecule has 0 N–H and O–H groups in total. The van der Waals surface area contributed by atoms with Gasteiger partial charge in [-0.2, -0.15) is 5.10 Å². The van der Waals surface area contributed by atoms with Gasteiger partial charge in [-0.25, -0.2) is 9.67 Å². The lowest BCUT2D eigenvalue weighted by Gasteiger charge is -2.20. The van der Waals surface area contributed by atoms with Gasteiger partial charge in [0.1, 0.15) is 12.2 Å². The van der Waals surface area contributed by atoms with E-state index in [1.54, 1.807) is 6.33 Å². The maximum absolute atomic E-state index is 4.36. The maximum Gasteiger partial charge on any atom is 0.140 e. The van der Waals surface area contributed by atoms with E-state index in [1.807, 2.05) is 4.68 Å². The van der Waals surface area contributed by atoms with Crippen LogP contribution in [0, 0.1) is 0 Å². The molecule has 0 unspecified atom stereocenters. The SMILES string of the molecule is CCn1ncnc1CN1CCCN(CCBr)CC1. The van der Waals surface area contributed by atoms with Crippen molar-refractivity contribution in [2.24, 2.45) is 0 Å². The zero-order chi connectivity index (χ0) is 12.8. The molecule has 0 saturated carbocycles. The molecule has 0 spiro atoms. The molecule has 1 aliphatic heterocycles. The van der Waals surface area contributed by atoms with Crippen LogP contribution in [0.1, 0.15) is 19.2 Å². The summed E-state index contributed by atoms with van der Waals surface area (Å²) in [6, 6.07) is 0. The number of aromatic nitrogens is 3. The van der Waals surface area contributed by atoms with Crippen LogP contribution >= 0.6 is 15.9 Å². The lowest BCUT2D eigenvalue weighted by atomic mass is 10.3. The Morgan fingerprint density at radius 3 is 2.78 bits per heavy atom. The number of aryl methyl sites for hydroxylation is 1. The molecule has 102 valence electrons. The zero-order valence-electron chi connectivity index (χ0n) is 11.1. The van der Waals surface area contributed by atoms with Gasteiger partial charge in [0.05, 0.1) is 6.54 Å². The molecule has 6 heteroatoms. The van der Waals surface area contributed by atoms with Gasteiger partial charge in [-0.05, 0) is 26.4 Å². The number of alkyl halides is 1. The van der Waals surface area contributed by atoms with Gasteiger partial charge < -0.3 is 4.90 Å². The Kier molecular flexibility index (Phi) is 5.59. The number of nitrogens with zero attached hydrogens (tertiary/aromatic N) is 5. The van der Waals surface area contributed by atoms with Gasteiger partial charge in [0, 0.05) is 31.5 Å². The molecule has 0 aromatic carbocycles. The van der Waals surface area contributed by atoms with Crippen molar-refractivity contribution in [3.63, 3.8) is 0 Å². The van der Waals surface area contributed by atoms with Crippen molar-refractivity contribution in [3.8, 4) is 0 Å². The van der Waals surface area contributed by atoms with Gasteiger partial charge in [0.25, 0.3) is 0 Å². The van der Waals surface area contributed by atoms with Crippen LogP contribution in [0.25, 0.3) is 0 Å². The Labute approximate surface area is 117 Å². The number of halogens is 1. The minimum Gasteiger partial charge on any atom is -0.301 e. The maximum atomic E-state index is 4.36. The third-order valence-corrected chi connectivity index (χ3v) is 3.80. The van der Waals surface area contributed by atoms with Crippen molar-refractivity contribution in [3.05, 3.63) is 12.2 Å². The molecule has 18 heavy (non-hydrogen) atoms. The standard InChI is InChI=1S/C12H22BrN5/c1-2-18-12(14-11-15-18)10-17-6-3-5-16(7-4-13)8-9-17/h11H,2-10H2,1H3. The van der Waals surface area contributed by atoms with Crippen LogP contribution in [-0.2, 0) is 13.1 Å². The van der Waals surface area contributed by atoms with Crippen LogP contribution in [0.15, 0.2) is 6.33 Å². The fourth-order valence-electron chi connectivity index (χ4n) is 2.40. The summed E-state index contributed by atoms with van der Waals surface area (Å²) in [5.74, 6) is 1.09. The average molecular weight is 316 g/mol. The molecule has 5 nitrogen and oxygen atoms in total. The summed E-state index contributed by atoms with van der Waals surface area (Å²) in [5, 5.41) is 5.30. The molecule has 0 aliphatic carbocycles. The molecular weight excluding hydrogens is 294 g/mol. The summed E-state index contributed by atoms with van der Waals surface area (Å²) < 4.78 is 1.99. The molecule has 1 aromatic rings. The quantitative estimate of drug-likeness (QED) is 0.765. The van der Waals surface area contributed by atoms with Crippen molar-refractivity contribution in [2.75, 3.05) is 38.1 Å².